The number of carbonyl (C=O) groups is 1. The summed E-state index contributed by atoms with van der Waals surface area (Å²) in [6.07, 6.45) is 3.08. The first kappa shape index (κ1) is 20.0. The molecule has 0 radical (unpaired) electrons. The maximum absolute atomic E-state index is 12.6. The predicted octanol–water partition coefficient (Wildman–Crippen LogP) is 3.53. The SMILES string of the molecule is COc1ccc(CNC(=O)CSc2nc3sc4c(c3c(=O)[nH]2)CCC(C)C4)cc1. The smallest absolute Gasteiger partial charge is 0.260 e. The highest BCUT2D eigenvalue weighted by Gasteiger charge is 2.23. The Morgan fingerprint density at radius 3 is 2.93 bits per heavy atom. The van der Waals surface area contributed by atoms with Crippen LogP contribution in [0.1, 0.15) is 29.3 Å². The number of amides is 1. The van der Waals surface area contributed by atoms with Gasteiger partial charge in [-0.3, -0.25) is 9.59 Å². The second-order valence-electron chi connectivity index (χ2n) is 7.32. The molecule has 0 fully saturated rings. The number of H-pyrrole nitrogens is 1. The van der Waals surface area contributed by atoms with E-state index in [1.807, 2.05) is 24.3 Å². The van der Waals surface area contributed by atoms with Crippen molar-refractivity contribution in [3.05, 3.63) is 50.6 Å². The molecule has 4 rings (SSSR count). The number of ether oxygens (including phenoxy) is 1. The standard InChI is InChI=1S/C21H23N3O3S2/c1-12-3-8-15-16(9-12)29-20-18(15)19(26)23-21(24-20)28-11-17(25)22-10-13-4-6-14(27-2)7-5-13/h4-7,12H,3,8-11H2,1-2H3,(H,22,25)(H,23,24,26). The molecule has 0 spiro atoms. The number of thioether (sulfide) groups is 1. The van der Waals surface area contributed by atoms with Crippen LogP contribution in [0.3, 0.4) is 0 Å². The summed E-state index contributed by atoms with van der Waals surface area (Å²) in [7, 11) is 1.62. The Kier molecular flexibility index (Phi) is 5.91. The molecule has 1 aliphatic carbocycles. The third kappa shape index (κ3) is 4.48. The zero-order valence-corrected chi connectivity index (χ0v) is 18.0. The third-order valence-corrected chi connectivity index (χ3v) is 7.15. The molecule has 2 aromatic heterocycles. The van der Waals surface area contributed by atoms with Gasteiger partial charge in [0.1, 0.15) is 10.6 Å². The molecule has 1 unspecified atom stereocenters. The number of benzene rings is 1. The van der Waals surface area contributed by atoms with Crippen LogP contribution in [-0.4, -0.2) is 28.7 Å². The number of thiophene rings is 1. The van der Waals surface area contributed by atoms with Gasteiger partial charge in [-0.1, -0.05) is 30.8 Å². The van der Waals surface area contributed by atoms with Crippen molar-refractivity contribution < 1.29 is 9.53 Å². The Hall–Kier alpha value is -2.32. The highest BCUT2D eigenvalue weighted by molar-refractivity contribution is 7.99. The van der Waals surface area contributed by atoms with E-state index in [-0.39, 0.29) is 17.2 Å². The Morgan fingerprint density at radius 2 is 2.17 bits per heavy atom. The monoisotopic (exact) mass is 429 g/mol. The zero-order chi connectivity index (χ0) is 20.4. The van der Waals surface area contributed by atoms with Crippen LogP contribution in [0.2, 0.25) is 0 Å². The van der Waals surface area contributed by atoms with E-state index in [1.165, 1.54) is 22.2 Å². The Morgan fingerprint density at radius 1 is 1.38 bits per heavy atom. The molecule has 1 atom stereocenters. The van der Waals surface area contributed by atoms with Gasteiger partial charge in [-0.2, -0.15) is 0 Å². The third-order valence-electron chi connectivity index (χ3n) is 5.13. The summed E-state index contributed by atoms with van der Waals surface area (Å²) in [5.41, 5.74) is 2.07. The molecule has 152 valence electrons. The molecule has 0 bridgehead atoms. The molecule has 2 N–H and O–H groups in total. The van der Waals surface area contributed by atoms with Crippen molar-refractivity contribution >= 4 is 39.2 Å². The van der Waals surface area contributed by atoms with Gasteiger partial charge in [-0.25, -0.2) is 4.98 Å². The summed E-state index contributed by atoms with van der Waals surface area (Å²) in [6.45, 7) is 2.69. The van der Waals surface area contributed by atoms with E-state index in [9.17, 15) is 9.59 Å². The van der Waals surface area contributed by atoms with Crippen molar-refractivity contribution in [2.45, 2.75) is 37.9 Å². The van der Waals surface area contributed by atoms with Gasteiger partial charge in [0.2, 0.25) is 5.91 Å². The number of nitrogens with zero attached hydrogens (tertiary/aromatic N) is 1. The molecule has 1 aliphatic rings. The molecule has 6 nitrogen and oxygen atoms in total. The zero-order valence-electron chi connectivity index (χ0n) is 16.4. The lowest BCUT2D eigenvalue weighted by Gasteiger charge is -2.17. The number of aromatic nitrogens is 2. The van der Waals surface area contributed by atoms with Gasteiger partial charge in [0.15, 0.2) is 5.16 Å². The first-order valence-electron chi connectivity index (χ1n) is 9.60. The minimum absolute atomic E-state index is 0.0943. The Bertz CT molecular complexity index is 1090. The van der Waals surface area contributed by atoms with E-state index >= 15 is 0 Å². The highest BCUT2D eigenvalue weighted by Crippen LogP contribution is 2.36. The van der Waals surface area contributed by atoms with Gasteiger partial charge >= 0.3 is 0 Å². The molecule has 3 aromatic rings. The van der Waals surface area contributed by atoms with Crippen molar-refractivity contribution in [2.75, 3.05) is 12.9 Å². The van der Waals surface area contributed by atoms with Crippen molar-refractivity contribution in [2.24, 2.45) is 5.92 Å². The van der Waals surface area contributed by atoms with E-state index in [0.717, 1.165) is 40.8 Å². The van der Waals surface area contributed by atoms with Crippen LogP contribution in [0.25, 0.3) is 10.2 Å². The molecule has 1 amide bonds. The van der Waals surface area contributed by atoms with Crippen molar-refractivity contribution in [3.63, 3.8) is 0 Å². The van der Waals surface area contributed by atoms with Crippen LogP contribution in [0.4, 0.5) is 0 Å². The summed E-state index contributed by atoms with van der Waals surface area (Å²) in [5.74, 6) is 1.53. The number of carbonyl (C=O) groups excluding carboxylic acids is 1. The number of hydrogen-bond donors (Lipinski definition) is 2. The van der Waals surface area contributed by atoms with Crippen LogP contribution < -0.4 is 15.6 Å². The lowest BCUT2D eigenvalue weighted by Crippen LogP contribution is -2.24. The average molecular weight is 430 g/mol. The van der Waals surface area contributed by atoms with Crippen molar-refractivity contribution in [1.82, 2.24) is 15.3 Å². The fourth-order valence-corrected chi connectivity index (χ4v) is 5.66. The largest absolute Gasteiger partial charge is 0.497 e. The van der Waals surface area contributed by atoms with E-state index in [1.54, 1.807) is 18.4 Å². The van der Waals surface area contributed by atoms with Crippen LogP contribution in [0.15, 0.2) is 34.2 Å². The second kappa shape index (κ2) is 8.59. The first-order valence-corrected chi connectivity index (χ1v) is 11.4. The van der Waals surface area contributed by atoms with Crippen molar-refractivity contribution in [1.29, 1.82) is 0 Å². The molecular formula is C21H23N3O3S2. The number of rotatable bonds is 6. The Labute approximate surface area is 177 Å². The van der Waals surface area contributed by atoms with Crippen LogP contribution in [0, 0.1) is 5.92 Å². The molecule has 0 saturated carbocycles. The van der Waals surface area contributed by atoms with Crippen LogP contribution in [0.5, 0.6) is 5.75 Å². The van der Waals surface area contributed by atoms with Gasteiger partial charge in [-0.05, 0) is 48.4 Å². The maximum Gasteiger partial charge on any atom is 0.260 e. The van der Waals surface area contributed by atoms with Gasteiger partial charge in [-0.15, -0.1) is 11.3 Å². The summed E-state index contributed by atoms with van der Waals surface area (Å²) >= 11 is 2.87. The number of hydrogen-bond acceptors (Lipinski definition) is 6. The lowest BCUT2D eigenvalue weighted by molar-refractivity contribution is -0.118. The molecule has 0 aliphatic heterocycles. The van der Waals surface area contributed by atoms with Crippen LogP contribution in [-0.2, 0) is 24.2 Å². The van der Waals surface area contributed by atoms with Gasteiger partial charge < -0.3 is 15.0 Å². The minimum atomic E-state index is -0.104. The van der Waals surface area contributed by atoms with Gasteiger partial charge in [0.05, 0.1) is 18.2 Å². The van der Waals surface area contributed by atoms with E-state index in [2.05, 4.69) is 22.2 Å². The summed E-state index contributed by atoms with van der Waals surface area (Å²) in [6, 6.07) is 7.56. The minimum Gasteiger partial charge on any atom is -0.497 e. The van der Waals surface area contributed by atoms with Gasteiger partial charge in [0, 0.05) is 11.4 Å². The van der Waals surface area contributed by atoms with E-state index < -0.39 is 0 Å². The molecular weight excluding hydrogens is 406 g/mol. The van der Waals surface area contributed by atoms with E-state index in [0.29, 0.717) is 17.6 Å². The number of nitrogens with one attached hydrogen (secondary N) is 2. The number of methoxy groups -OCH3 is 1. The summed E-state index contributed by atoms with van der Waals surface area (Å²) < 4.78 is 5.13. The molecule has 2 heterocycles. The molecule has 1 aromatic carbocycles. The summed E-state index contributed by atoms with van der Waals surface area (Å²) in [4.78, 5) is 34.3. The van der Waals surface area contributed by atoms with Gasteiger partial charge in [0.25, 0.3) is 5.56 Å². The average Bonchev–Trinajstić information content (AvgIpc) is 3.08. The number of fused-ring (bicyclic) bond motifs is 3. The van der Waals surface area contributed by atoms with Crippen molar-refractivity contribution in [3.8, 4) is 5.75 Å². The maximum atomic E-state index is 12.6. The quantitative estimate of drug-likeness (QED) is 0.463. The second-order valence-corrected chi connectivity index (χ2v) is 9.36. The Balaban J connectivity index is 1.39. The summed E-state index contributed by atoms with van der Waals surface area (Å²) in [5, 5.41) is 4.12. The fraction of sp³-hybridized carbons (Fsp3) is 0.381. The first-order chi connectivity index (χ1) is 14.0. The topological polar surface area (TPSA) is 84.1 Å². The van der Waals surface area contributed by atoms with E-state index in [4.69, 9.17) is 4.74 Å². The highest BCUT2D eigenvalue weighted by atomic mass is 32.2. The molecule has 8 heteroatoms. The molecule has 29 heavy (non-hydrogen) atoms. The molecule has 0 saturated heterocycles. The van der Waals surface area contributed by atoms with Crippen LogP contribution >= 0.6 is 23.1 Å². The number of aryl methyl sites for hydroxylation is 1. The predicted molar refractivity (Wildman–Crippen MR) is 117 cm³/mol. The number of aromatic amines is 1. The fourth-order valence-electron chi connectivity index (χ4n) is 3.53. The normalized spacial score (nSPS) is 15.9. The lowest BCUT2D eigenvalue weighted by atomic mass is 9.89.